The Kier molecular flexibility index (Phi) is 6.30. The molecule has 27 heavy (non-hydrogen) atoms. The molecule has 0 aliphatic heterocycles. The first-order valence-electron chi connectivity index (χ1n) is 9.02. The van der Waals surface area contributed by atoms with E-state index in [2.05, 4.69) is 42.0 Å². The summed E-state index contributed by atoms with van der Waals surface area (Å²) in [5.41, 5.74) is 2.68. The van der Waals surface area contributed by atoms with Crippen LogP contribution in [0.15, 0.2) is 63.8 Å². The van der Waals surface area contributed by atoms with Gasteiger partial charge in [-0.3, -0.25) is 4.90 Å². The van der Waals surface area contributed by atoms with Gasteiger partial charge < -0.3 is 9.15 Å². The lowest BCUT2D eigenvalue weighted by molar-refractivity contribution is 0.246. The molecule has 138 valence electrons. The number of benzene rings is 2. The van der Waals surface area contributed by atoms with Crippen LogP contribution >= 0.6 is 0 Å². The van der Waals surface area contributed by atoms with Crippen molar-refractivity contribution in [3.8, 4) is 18.1 Å². The number of rotatable bonds is 8. The Morgan fingerprint density at radius 2 is 1.89 bits per heavy atom. The molecule has 0 fully saturated rings. The standard InChI is InChI=1S/C23H23NO3/c1-3-13-24(17-19-7-5-18(2)6-8-19)14-4-15-26-21-11-9-20-10-12-23(25)27-22(20)16-21/h1,5-12,16H,4,13-15,17H2,2H3. The summed E-state index contributed by atoms with van der Waals surface area (Å²) in [6.07, 6.45) is 6.36. The van der Waals surface area contributed by atoms with E-state index in [0.717, 1.165) is 24.9 Å². The van der Waals surface area contributed by atoms with Crippen LogP contribution in [0.4, 0.5) is 0 Å². The monoisotopic (exact) mass is 361 g/mol. The molecule has 3 rings (SSSR count). The van der Waals surface area contributed by atoms with Crippen molar-refractivity contribution in [3.05, 3.63) is 76.1 Å². The second-order valence-electron chi connectivity index (χ2n) is 6.56. The van der Waals surface area contributed by atoms with E-state index in [0.29, 0.717) is 24.5 Å². The molecular formula is C23H23NO3. The van der Waals surface area contributed by atoms with Gasteiger partial charge in [-0.25, -0.2) is 4.79 Å². The summed E-state index contributed by atoms with van der Waals surface area (Å²) in [4.78, 5) is 13.6. The minimum Gasteiger partial charge on any atom is -0.493 e. The number of ether oxygens (including phenoxy) is 1. The summed E-state index contributed by atoms with van der Waals surface area (Å²) in [5.74, 6) is 3.42. The van der Waals surface area contributed by atoms with Gasteiger partial charge in [0.2, 0.25) is 0 Å². The van der Waals surface area contributed by atoms with E-state index in [1.807, 2.05) is 12.1 Å². The second-order valence-corrected chi connectivity index (χ2v) is 6.56. The average molecular weight is 361 g/mol. The van der Waals surface area contributed by atoms with E-state index >= 15 is 0 Å². The van der Waals surface area contributed by atoms with Crippen LogP contribution < -0.4 is 10.4 Å². The third kappa shape index (κ3) is 5.47. The number of terminal acetylenes is 1. The van der Waals surface area contributed by atoms with Gasteiger partial charge >= 0.3 is 5.63 Å². The van der Waals surface area contributed by atoms with Gasteiger partial charge in [0.1, 0.15) is 11.3 Å². The van der Waals surface area contributed by atoms with Crippen LogP contribution in [0.1, 0.15) is 17.5 Å². The Balaban J connectivity index is 1.52. The topological polar surface area (TPSA) is 42.7 Å². The summed E-state index contributed by atoms with van der Waals surface area (Å²) in [6, 6.07) is 17.2. The summed E-state index contributed by atoms with van der Waals surface area (Å²) in [5, 5.41) is 0.875. The average Bonchev–Trinajstić information content (AvgIpc) is 2.66. The lowest BCUT2D eigenvalue weighted by Gasteiger charge is -2.20. The van der Waals surface area contributed by atoms with Gasteiger partial charge in [-0.1, -0.05) is 35.7 Å². The largest absolute Gasteiger partial charge is 0.493 e. The van der Waals surface area contributed by atoms with Gasteiger partial charge in [0.15, 0.2) is 0 Å². The van der Waals surface area contributed by atoms with Crippen molar-refractivity contribution < 1.29 is 9.15 Å². The van der Waals surface area contributed by atoms with Crippen LogP contribution in [0.5, 0.6) is 5.75 Å². The first kappa shape index (κ1) is 18.8. The Morgan fingerprint density at radius 3 is 2.67 bits per heavy atom. The fraction of sp³-hybridized carbons (Fsp3) is 0.261. The van der Waals surface area contributed by atoms with Crippen LogP contribution in [0, 0.1) is 19.3 Å². The molecule has 3 aromatic rings. The predicted octanol–water partition coefficient (Wildman–Crippen LogP) is 4.01. The molecule has 0 radical (unpaired) electrons. The molecule has 2 aromatic carbocycles. The van der Waals surface area contributed by atoms with Crippen molar-refractivity contribution in [1.82, 2.24) is 4.90 Å². The van der Waals surface area contributed by atoms with Crippen molar-refractivity contribution in [2.24, 2.45) is 0 Å². The first-order valence-corrected chi connectivity index (χ1v) is 9.02. The van der Waals surface area contributed by atoms with Crippen LogP contribution in [-0.2, 0) is 6.54 Å². The van der Waals surface area contributed by atoms with Gasteiger partial charge in [-0.05, 0) is 37.1 Å². The first-order chi connectivity index (χ1) is 13.1. The number of hydrogen-bond acceptors (Lipinski definition) is 4. The van der Waals surface area contributed by atoms with E-state index in [4.69, 9.17) is 15.6 Å². The molecule has 1 aromatic heterocycles. The van der Waals surface area contributed by atoms with Crippen molar-refractivity contribution in [3.63, 3.8) is 0 Å². The second kappa shape index (κ2) is 9.07. The van der Waals surface area contributed by atoms with Crippen molar-refractivity contribution in [2.45, 2.75) is 19.9 Å². The predicted molar refractivity (Wildman–Crippen MR) is 108 cm³/mol. The van der Waals surface area contributed by atoms with E-state index in [9.17, 15) is 4.79 Å². The van der Waals surface area contributed by atoms with Crippen molar-refractivity contribution >= 4 is 11.0 Å². The fourth-order valence-electron chi connectivity index (χ4n) is 2.90. The maximum absolute atomic E-state index is 11.3. The highest BCUT2D eigenvalue weighted by molar-refractivity contribution is 5.77. The quantitative estimate of drug-likeness (QED) is 0.345. The Morgan fingerprint density at radius 1 is 1.11 bits per heavy atom. The SMILES string of the molecule is C#CCN(CCCOc1ccc2ccc(=O)oc2c1)Cc1ccc(C)cc1. The van der Waals surface area contributed by atoms with Crippen molar-refractivity contribution in [1.29, 1.82) is 0 Å². The molecule has 0 aliphatic rings. The summed E-state index contributed by atoms with van der Waals surface area (Å²) < 4.78 is 11.0. The molecule has 0 N–H and O–H groups in total. The Hall–Kier alpha value is -3.03. The fourth-order valence-corrected chi connectivity index (χ4v) is 2.90. The lowest BCUT2D eigenvalue weighted by atomic mass is 10.1. The molecule has 4 nitrogen and oxygen atoms in total. The molecule has 0 saturated heterocycles. The van der Waals surface area contributed by atoms with Gasteiger partial charge in [0, 0.05) is 30.6 Å². The molecule has 0 bridgehead atoms. The molecule has 0 unspecified atom stereocenters. The molecule has 0 atom stereocenters. The zero-order valence-electron chi connectivity index (χ0n) is 15.5. The zero-order chi connectivity index (χ0) is 19.1. The summed E-state index contributed by atoms with van der Waals surface area (Å²) in [7, 11) is 0. The maximum Gasteiger partial charge on any atom is 0.336 e. The molecule has 0 amide bonds. The minimum absolute atomic E-state index is 0.360. The van der Waals surface area contributed by atoms with E-state index in [1.54, 1.807) is 12.1 Å². The molecule has 0 aliphatic carbocycles. The van der Waals surface area contributed by atoms with Gasteiger partial charge in [0.05, 0.1) is 13.2 Å². The lowest BCUT2D eigenvalue weighted by Crippen LogP contribution is -2.26. The Labute approximate surface area is 159 Å². The van der Waals surface area contributed by atoms with Gasteiger partial charge in [-0.2, -0.15) is 0 Å². The van der Waals surface area contributed by atoms with Gasteiger partial charge in [0.25, 0.3) is 0 Å². The van der Waals surface area contributed by atoms with E-state index < -0.39 is 0 Å². The van der Waals surface area contributed by atoms with Gasteiger partial charge in [-0.15, -0.1) is 6.42 Å². The summed E-state index contributed by atoms with van der Waals surface area (Å²) in [6.45, 7) is 4.93. The third-order valence-corrected chi connectivity index (χ3v) is 4.32. The Bertz CT molecular complexity index is 983. The van der Waals surface area contributed by atoms with Crippen LogP contribution in [0.3, 0.4) is 0 Å². The normalized spacial score (nSPS) is 10.9. The van der Waals surface area contributed by atoms with Crippen molar-refractivity contribution in [2.75, 3.05) is 19.7 Å². The highest BCUT2D eigenvalue weighted by Crippen LogP contribution is 2.19. The van der Waals surface area contributed by atoms with Crippen LogP contribution in [0.25, 0.3) is 11.0 Å². The maximum atomic E-state index is 11.3. The smallest absolute Gasteiger partial charge is 0.336 e. The van der Waals surface area contributed by atoms with E-state index in [-0.39, 0.29) is 5.63 Å². The highest BCUT2D eigenvalue weighted by atomic mass is 16.5. The number of hydrogen-bond donors (Lipinski definition) is 0. The number of fused-ring (bicyclic) bond motifs is 1. The number of nitrogens with zero attached hydrogens (tertiary/aromatic N) is 1. The minimum atomic E-state index is -0.360. The molecule has 4 heteroatoms. The molecule has 1 heterocycles. The van der Waals surface area contributed by atoms with Crippen LogP contribution in [0.2, 0.25) is 0 Å². The van der Waals surface area contributed by atoms with E-state index in [1.165, 1.54) is 17.2 Å². The molecule has 0 spiro atoms. The molecule has 0 saturated carbocycles. The highest BCUT2D eigenvalue weighted by Gasteiger charge is 2.06. The number of aryl methyl sites for hydroxylation is 1. The summed E-state index contributed by atoms with van der Waals surface area (Å²) >= 11 is 0. The molecular weight excluding hydrogens is 338 g/mol. The third-order valence-electron chi connectivity index (χ3n) is 4.32. The van der Waals surface area contributed by atoms with Crippen LogP contribution in [-0.4, -0.2) is 24.6 Å². The zero-order valence-corrected chi connectivity index (χ0v) is 15.5.